The maximum Gasteiger partial charge on any atom is 0.176 e. The van der Waals surface area contributed by atoms with Gasteiger partial charge in [-0.05, 0) is 0 Å². The van der Waals surface area contributed by atoms with Crippen molar-refractivity contribution >= 4 is 0 Å². The SMILES string of the molecule is Cn1ccnc1-c1nccn1CCC#N. The molecule has 0 spiro atoms. The molecule has 0 fully saturated rings. The summed E-state index contributed by atoms with van der Waals surface area (Å²) < 4.78 is 3.84. The molecule has 0 bridgehead atoms. The summed E-state index contributed by atoms with van der Waals surface area (Å²) in [4.78, 5) is 8.47. The van der Waals surface area contributed by atoms with Crippen LogP contribution in [0.25, 0.3) is 11.6 Å². The molecule has 15 heavy (non-hydrogen) atoms. The molecule has 2 heterocycles. The van der Waals surface area contributed by atoms with Crippen LogP contribution in [0, 0.1) is 11.3 Å². The molecule has 0 aromatic carbocycles. The Morgan fingerprint density at radius 2 is 2.00 bits per heavy atom. The van der Waals surface area contributed by atoms with Crippen LogP contribution in [0.1, 0.15) is 6.42 Å². The molecule has 0 N–H and O–H groups in total. The Morgan fingerprint density at radius 3 is 2.67 bits per heavy atom. The van der Waals surface area contributed by atoms with Crippen molar-refractivity contribution in [3.63, 3.8) is 0 Å². The highest BCUT2D eigenvalue weighted by Crippen LogP contribution is 2.14. The van der Waals surface area contributed by atoms with Crippen molar-refractivity contribution in [2.24, 2.45) is 7.05 Å². The van der Waals surface area contributed by atoms with E-state index in [4.69, 9.17) is 5.26 Å². The third kappa shape index (κ3) is 1.74. The summed E-state index contributed by atoms with van der Waals surface area (Å²) in [5.74, 6) is 1.62. The van der Waals surface area contributed by atoms with Gasteiger partial charge in [0, 0.05) is 38.4 Å². The topological polar surface area (TPSA) is 59.4 Å². The van der Waals surface area contributed by atoms with E-state index >= 15 is 0 Å². The number of nitrogens with zero attached hydrogens (tertiary/aromatic N) is 5. The van der Waals surface area contributed by atoms with Gasteiger partial charge in [0.15, 0.2) is 11.6 Å². The minimum atomic E-state index is 0.480. The summed E-state index contributed by atoms with van der Waals surface area (Å²) in [6.45, 7) is 0.651. The highest BCUT2D eigenvalue weighted by Gasteiger charge is 2.09. The van der Waals surface area contributed by atoms with Crippen LogP contribution in [0.5, 0.6) is 0 Å². The first-order valence-electron chi connectivity index (χ1n) is 4.68. The highest BCUT2D eigenvalue weighted by molar-refractivity contribution is 5.44. The zero-order valence-electron chi connectivity index (χ0n) is 8.46. The van der Waals surface area contributed by atoms with Gasteiger partial charge in [-0.25, -0.2) is 9.97 Å². The predicted octanol–water partition coefficient (Wildman–Crippen LogP) is 1.20. The Kier molecular flexibility index (Phi) is 2.50. The van der Waals surface area contributed by atoms with E-state index in [0.29, 0.717) is 13.0 Å². The van der Waals surface area contributed by atoms with Crippen molar-refractivity contribution in [2.45, 2.75) is 13.0 Å². The molecule has 2 aromatic rings. The van der Waals surface area contributed by atoms with Gasteiger partial charge in [-0.1, -0.05) is 0 Å². The molecule has 0 amide bonds. The van der Waals surface area contributed by atoms with Crippen molar-refractivity contribution < 1.29 is 0 Å². The molecule has 0 aliphatic rings. The third-order valence-electron chi connectivity index (χ3n) is 2.20. The molecule has 0 unspecified atom stereocenters. The second-order valence-corrected chi connectivity index (χ2v) is 3.21. The van der Waals surface area contributed by atoms with Crippen LogP contribution in [0.4, 0.5) is 0 Å². The van der Waals surface area contributed by atoms with Gasteiger partial charge in [0.25, 0.3) is 0 Å². The summed E-state index contributed by atoms with van der Waals surface area (Å²) in [5, 5.41) is 8.54. The van der Waals surface area contributed by atoms with Crippen LogP contribution in [0.3, 0.4) is 0 Å². The van der Waals surface area contributed by atoms with Crippen molar-refractivity contribution in [3.05, 3.63) is 24.8 Å². The van der Waals surface area contributed by atoms with Gasteiger partial charge in [-0.2, -0.15) is 5.26 Å². The van der Waals surface area contributed by atoms with E-state index < -0.39 is 0 Å². The van der Waals surface area contributed by atoms with Crippen molar-refractivity contribution in [3.8, 4) is 17.7 Å². The van der Waals surface area contributed by atoms with E-state index in [1.807, 2.05) is 28.6 Å². The van der Waals surface area contributed by atoms with Gasteiger partial charge in [0.2, 0.25) is 0 Å². The molecule has 5 heteroatoms. The Bertz CT molecular complexity index is 488. The van der Waals surface area contributed by atoms with E-state index in [-0.39, 0.29) is 0 Å². The minimum absolute atomic E-state index is 0.480. The molecule has 0 saturated heterocycles. The average Bonchev–Trinajstić information content (AvgIpc) is 2.82. The van der Waals surface area contributed by atoms with Gasteiger partial charge in [0.1, 0.15) is 0 Å². The summed E-state index contributed by atoms with van der Waals surface area (Å²) in [6, 6.07) is 2.12. The van der Waals surface area contributed by atoms with Crippen LogP contribution in [-0.2, 0) is 13.6 Å². The zero-order chi connectivity index (χ0) is 10.7. The van der Waals surface area contributed by atoms with E-state index in [1.54, 1.807) is 12.4 Å². The van der Waals surface area contributed by atoms with E-state index in [9.17, 15) is 0 Å². The number of hydrogen-bond acceptors (Lipinski definition) is 3. The lowest BCUT2D eigenvalue weighted by Gasteiger charge is -2.04. The lowest BCUT2D eigenvalue weighted by molar-refractivity contribution is 0.713. The predicted molar refractivity (Wildman–Crippen MR) is 54.7 cm³/mol. The van der Waals surface area contributed by atoms with Crippen LogP contribution >= 0.6 is 0 Å². The largest absolute Gasteiger partial charge is 0.331 e. The van der Waals surface area contributed by atoms with Crippen LogP contribution in [-0.4, -0.2) is 19.1 Å². The number of imidazole rings is 2. The molecule has 2 aromatic heterocycles. The maximum absolute atomic E-state index is 8.54. The summed E-state index contributed by atoms with van der Waals surface area (Å²) in [5.41, 5.74) is 0. The summed E-state index contributed by atoms with van der Waals surface area (Å²) in [6.07, 6.45) is 7.67. The lowest BCUT2D eigenvalue weighted by Crippen LogP contribution is -2.02. The average molecular weight is 201 g/mol. The second-order valence-electron chi connectivity index (χ2n) is 3.21. The van der Waals surface area contributed by atoms with Crippen molar-refractivity contribution in [2.75, 3.05) is 0 Å². The standard InChI is InChI=1S/C10H11N5/c1-14-7-4-12-9(14)10-13-5-8-15(10)6-2-3-11/h4-5,7-8H,2,6H2,1H3. The Labute approximate surface area is 87.6 Å². The molecule has 0 aliphatic heterocycles. The van der Waals surface area contributed by atoms with E-state index in [0.717, 1.165) is 11.6 Å². The van der Waals surface area contributed by atoms with Gasteiger partial charge in [-0.15, -0.1) is 0 Å². The first kappa shape index (κ1) is 9.46. The smallest absolute Gasteiger partial charge is 0.176 e. The van der Waals surface area contributed by atoms with Crippen molar-refractivity contribution in [1.82, 2.24) is 19.1 Å². The molecule has 5 nitrogen and oxygen atoms in total. The first-order valence-corrected chi connectivity index (χ1v) is 4.68. The Balaban J connectivity index is 2.33. The highest BCUT2D eigenvalue weighted by atomic mass is 15.1. The van der Waals surface area contributed by atoms with Crippen LogP contribution in [0.2, 0.25) is 0 Å². The maximum atomic E-state index is 8.54. The minimum Gasteiger partial charge on any atom is -0.331 e. The number of rotatable bonds is 3. The Morgan fingerprint density at radius 1 is 1.27 bits per heavy atom. The first-order chi connectivity index (χ1) is 7.33. The van der Waals surface area contributed by atoms with Gasteiger partial charge >= 0.3 is 0 Å². The number of hydrogen-bond donors (Lipinski definition) is 0. The zero-order valence-corrected chi connectivity index (χ0v) is 8.46. The monoisotopic (exact) mass is 201 g/mol. The molecular formula is C10H11N5. The van der Waals surface area contributed by atoms with Crippen molar-refractivity contribution in [1.29, 1.82) is 5.26 Å². The molecular weight excluding hydrogens is 190 g/mol. The molecule has 0 atom stereocenters. The fourth-order valence-corrected chi connectivity index (χ4v) is 1.45. The fourth-order valence-electron chi connectivity index (χ4n) is 1.45. The molecule has 0 radical (unpaired) electrons. The van der Waals surface area contributed by atoms with E-state index in [2.05, 4.69) is 16.0 Å². The number of nitriles is 1. The normalized spacial score (nSPS) is 10.1. The second kappa shape index (κ2) is 3.96. The number of aromatic nitrogens is 4. The quantitative estimate of drug-likeness (QED) is 0.749. The molecule has 76 valence electrons. The molecule has 0 saturated carbocycles. The van der Waals surface area contributed by atoms with Gasteiger partial charge < -0.3 is 9.13 Å². The molecule has 2 rings (SSSR count). The van der Waals surface area contributed by atoms with Gasteiger partial charge in [-0.3, -0.25) is 0 Å². The summed E-state index contributed by atoms with van der Waals surface area (Å²) >= 11 is 0. The van der Waals surface area contributed by atoms with Gasteiger partial charge in [0.05, 0.1) is 12.5 Å². The molecule has 0 aliphatic carbocycles. The summed E-state index contributed by atoms with van der Waals surface area (Å²) in [7, 11) is 1.92. The lowest BCUT2D eigenvalue weighted by atomic mass is 10.4. The Hall–Kier alpha value is -2.09. The number of aryl methyl sites for hydroxylation is 2. The third-order valence-corrected chi connectivity index (χ3v) is 2.20. The van der Waals surface area contributed by atoms with Crippen LogP contribution in [0.15, 0.2) is 24.8 Å². The van der Waals surface area contributed by atoms with Crippen LogP contribution < -0.4 is 0 Å². The van der Waals surface area contributed by atoms with E-state index in [1.165, 1.54) is 0 Å². The fraction of sp³-hybridized carbons (Fsp3) is 0.300.